The van der Waals surface area contributed by atoms with Gasteiger partial charge < -0.3 is 4.98 Å². The summed E-state index contributed by atoms with van der Waals surface area (Å²) in [7, 11) is 0. The summed E-state index contributed by atoms with van der Waals surface area (Å²) in [5, 5.41) is 0. The second-order valence-corrected chi connectivity index (χ2v) is 6.65. The van der Waals surface area contributed by atoms with Crippen LogP contribution in [0.2, 0.25) is 0 Å². The standard InChI is InChI=1S/C14H21N3/c1-13(2,3)9-7-15-12(14(4,5)6)11-10(9)16-8-17-11/h7-8H,1-6H3,(H,16,17). The third-order valence-corrected chi connectivity index (χ3v) is 2.97. The maximum atomic E-state index is 4.63. The number of hydrogen-bond acceptors (Lipinski definition) is 2. The summed E-state index contributed by atoms with van der Waals surface area (Å²) in [6.45, 7) is 13.1. The van der Waals surface area contributed by atoms with Crippen molar-refractivity contribution in [2.75, 3.05) is 0 Å². The molecule has 0 fully saturated rings. The van der Waals surface area contributed by atoms with Crippen LogP contribution in [-0.4, -0.2) is 15.0 Å². The number of rotatable bonds is 0. The first-order valence-corrected chi connectivity index (χ1v) is 6.04. The first-order valence-electron chi connectivity index (χ1n) is 6.04. The Morgan fingerprint density at radius 3 is 2.12 bits per heavy atom. The molecule has 0 aliphatic heterocycles. The maximum Gasteiger partial charge on any atom is 0.111 e. The summed E-state index contributed by atoms with van der Waals surface area (Å²) < 4.78 is 0. The molecular weight excluding hydrogens is 210 g/mol. The van der Waals surface area contributed by atoms with Crippen LogP contribution >= 0.6 is 0 Å². The Morgan fingerprint density at radius 1 is 0.941 bits per heavy atom. The third-order valence-electron chi connectivity index (χ3n) is 2.97. The molecule has 17 heavy (non-hydrogen) atoms. The highest BCUT2D eigenvalue weighted by molar-refractivity contribution is 5.81. The zero-order chi connectivity index (χ0) is 12.8. The largest absolute Gasteiger partial charge is 0.344 e. The summed E-state index contributed by atoms with van der Waals surface area (Å²) >= 11 is 0. The van der Waals surface area contributed by atoms with Gasteiger partial charge in [0.2, 0.25) is 0 Å². The van der Waals surface area contributed by atoms with E-state index in [1.807, 2.05) is 6.20 Å². The van der Waals surface area contributed by atoms with Crippen LogP contribution < -0.4 is 0 Å². The highest BCUT2D eigenvalue weighted by Gasteiger charge is 2.25. The lowest BCUT2D eigenvalue weighted by atomic mass is 9.84. The number of aromatic amines is 1. The Labute approximate surface area is 103 Å². The molecule has 0 saturated heterocycles. The Balaban J connectivity index is 2.76. The van der Waals surface area contributed by atoms with Crippen molar-refractivity contribution < 1.29 is 0 Å². The van der Waals surface area contributed by atoms with Crippen molar-refractivity contribution in [3.63, 3.8) is 0 Å². The lowest BCUT2D eigenvalue weighted by Crippen LogP contribution is -2.18. The van der Waals surface area contributed by atoms with Gasteiger partial charge in [-0.2, -0.15) is 0 Å². The van der Waals surface area contributed by atoms with E-state index in [-0.39, 0.29) is 10.8 Å². The second kappa shape index (κ2) is 3.56. The predicted octanol–water partition coefficient (Wildman–Crippen LogP) is 3.55. The van der Waals surface area contributed by atoms with E-state index in [0.717, 1.165) is 16.7 Å². The van der Waals surface area contributed by atoms with E-state index >= 15 is 0 Å². The van der Waals surface area contributed by atoms with Crippen LogP contribution in [0.25, 0.3) is 11.0 Å². The van der Waals surface area contributed by atoms with Gasteiger partial charge in [0.1, 0.15) is 5.52 Å². The monoisotopic (exact) mass is 231 g/mol. The number of pyridine rings is 1. The van der Waals surface area contributed by atoms with Gasteiger partial charge in [-0.05, 0) is 5.41 Å². The van der Waals surface area contributed by atoms with Gasteiger partial charge in [-0.25, -0.2) is 4.98 Å². The molecule has 0 radical (unpaired) electrons. The summed E-state index contributed by atoms with van der Waals surface area (Å²) in [5.41, 5.74) is 4.50. The van der Waals surface area contributed by atoms with Crippen molar-refractivity contribution >= 4 is 11.0 Å². The maximum absolute atomic E-state index is 4.63. The fourth-order valence-corrected chi connectivity index (χ4v) is 2.05. The Morgan fingerprint density at radius 2 is 1.59 bits per heavy atom. The second-order valence-electron chi connectivity index (χ2n) is 6.65. The number of fused-ring (bicyclic) bond motifs is 1. The average molecular weight is 231 g/mol. The minimum absolute atomic E-state index is 0.0177. The average Bonchev–Trinajstić information content (AvgIpc) is 2.60. The van der Waals surface area contributed by atoms with Crippen LogP contribution in [0, 0.1) is 0 Å². The van der Waals surface area contributed by atoms with Crippen molar-refractivity contribution in [3.8, 4) is 0 Å². The molecule has 0 amide bonds. The van der Waals surface area contributed by atoms with Gasteiger partial charge in [0.25, 0.3) is 0 Å². The topological polar surface area (TPSA) is 41.6 Å². The molecule has 0 aliphatic carbocycles. The quantitative estimate of drug-likeness (QED) is 0.753. The highest BCUT2D eigenvalue weighted by atomic mass is 14.9. The Bertz CT molecular complexity index is 491. The highest BCUT2D eigenvalue weighted by Crippen LogP contribution is 2.32. The molecule has 0 aromatic carbocycles. The molecule has 2 aromatic heterocycles. The summed E-state index contributed by atoms with van der Waals surface area (Å²) in [6.07, 6.45) is 3.75. The molecule has 0 spiro atoms. The van der Waals surface area contributed by atoms with Crippen LogP contribution in [0.4, 0.5) is 0 Å². The van der Waals surface area contributed by atoms with E-state index in [1.54, 1.807) is 6.33 Å². The zero-order valence-electron chi connectivity index (χ0n) is 11.5. The molecule has 2 heterocycles. The van der Waals surface area contributed by atoms with E-state index < -0.39 is 0 Å². The van der Waals surface area contributed by atoms with E-state index in [2.05, 4.69) is 56.5 Å². The molecule has 3 heteroatoms. The van der Waals surface area contributed by atoms with Crippen LogP contribution in [0.3, 0.4) is 0 Å². The van der Waals surface area contributed by atoms with Gasteiger partial charge in [-0.15, -0.1) is 0 Å². The number of hydrogen-bond donors (Lipinski definition) is 1. The zero-order valence-corrected chi connectivity index (χ0v) is 11.5. The smallest absolute Gasteiger partial charge is 0.111 e. The van der Waals surface area contributed by atoms with Crippen LogP contribution in [-0.2, 0) is 10.8 Å². The molecule has 0 bridgehead atoms. The molecule has 1 N–H and O–H groups in total. The van der Waals surface area contributed by atoms with E-state index in [1.165, 1.54) is 5.56 Å². The van der Waals surface area contributed by atoms with Gasteiger partial charge in [0, 0.05) is 17.2 Å². The Hall–Kier alpha value is -1.38. The molecule has 2 rings (SSSR count). The molecule has 3 nitrogen and oxygen atoms in total. The number of aromatic nitrogens is 3. The SMILES string of the molecule is CC(C)(C)c1ncc(C(C)(C)C)c2[nH]cnc12. The molecule has 2 aromatic rings. The normalized spacial score (nSPS) is 13.3. The van der Waals surface area contributed by atoms with Crippen LogP contribution in [0.1, 0.15) is 52.8 Å². The fraction of sp³-hybridized carbons (Fsp3) is 0.571. The lowest BCUT2D eigenvalue weighted by Gasteiger charge is -2.23. The number of H-pyrrole nitrogens is 1. The summed E-state index contributed by atoms with van der Waals surface area (Å²) in [4.78, 5) is 12.3. The third kappa shape index (κ3) is 2.06. The first kappa shape index (κ1) is 12.1. The van der Waals surface area contributed by atoms with Gasteiger partial charge >= 0.3 is 0 Å². The minimum atomic E-state index is 0.0177. The van der Waals surface area contributed by atoms with Gasteiger partial charge in [-0.3, -0.25) is 4.98 Å². The minimum Gasteiger partial charge on any atom is -0.344 e. The number of nitrogens with one attached hydrogen (secondary N) is 1. The van der Waals surface area contributed by atoms with Crippen molar-refractivity contribution in [2.24, 2.45) is 0 Å². The van der Waals surface area contributed by atoms with Crippen molar-refractivity contribution in [3.05, 3.63) is 23.8 Å². The van der Waals surface area contributed by atoms with E-state index in [0.29, 0.717) is 0 Å². The van der Waals surface area contributed by atoms with Crippen LogP contribution in [0.15, 0.2) is 12.5 Å². The summed E-state index contributed by atoms with van der Waals surface area (Å²) in [6, 6.07) is 0. The molecule has 0 atom stereocenters. The fourth-order valence-electron chi connectivity index (χ4n) is 2.05. The van der Waals surface area contributed by atoms with Gasteiger partial charge in [0.15, 0.2) is 0 Å². The van der Waals surface area contributed by atoms with E-state index in [4.69, 9.17) is 0 Å². The number of imidazole rings is 1. The van der Waals surface area contributed by atoms with Gasteiger partial charge in [-0.1, -0.05) is 41.5 Å². The van der Waals surface area contributed by atoms with E-state index in [9.17, 15) is 0 Å². The lowest BCUT2D eigenvalue weighted by molar-refractivity contribution is 0.564. The number of nitrogens with zero attached hydrogens (tertiary/aromatic N) is 2. The van der Waals surface area contributed by atoms with Gasteiger partial charge in [0.05, 0.1) is 17.5 Å². The van der Waals surface area contributed by atoms with Crippen molar-refractivity contribution in [1.82, 2.24) is 15.0 Å². The molecule has 0 saturated carbocycles. The predicted molar refractivity (Wildman–Crippen MR) is 71.3 cm³/mol. The van der Waals surface area contributed by atoms with Crippen LogP contribution in [0.5, 0.6) is 0 Å². The van der Waals surface area contributed by atoms with Crippen molar-refractivity contribution in [2.45, 2.75) is 52.4 Å². The molecule has 92 valence electrons. The van der Waals surface area contributed by atoms with Crippen molar-refractivity contribution in [1.29, 1.82) is 0 Å². The summed E-state index contributed by atoms with van der Waals surface area (Å²) in [5.74, 6) is 0. The Kier molecular flexibility index (Phi) is 2.53. The molecule has 0 aliphatic rings. The first-order chi connectivity index (χ1) is 7.71. The molecular formula is C14H21N3. The molecule has 0 unspecified atom stereocenters.